The lowest BCUT2D eigenvalue weighted by molar-refractivity contribution is -0.870. The van der Waals surface area contributed by atoms with Crippen molar-refractivity contribution >= 4 is 12.4 Å². The third-order valence-electron chi connectivity index (χ3n) is 2.58. The predicted molar refractivity (Wildman–Crippen MR) is 76.0 cm³/mol. The molecule has 98 valence electrons. The molecule has 3 nitrogen and oxygen atoms in total. The lowest BCUT2D eigenvalue weighted by Crippen LogP contribution is -2.36. The summed E-state index contributed by atoms with van der Waals surface area (Å²) in [5.41, 5.74) is 1.68. The van der Waals surface area contributed by atoms with Crippen LogP contribution in [-0.4, -0.2) is 45.0 Å². The fourth-order valence-corrected chi connectivity index (χ4v) is 1.64. The normalized spacial score (nSPS) is 12.3. The quantitative estimate of drug-likeness (QED) is 0.345. The van der Waals surface area contributed by atoms with Gasteiger partial charge in [-0.1, -0.05) is 30.3 Å². The molecule has 0 aromatic heterocycles. The van der Waals surface area contributed by atoms with E-state index in [9.17, 15) is 4.79 Å². The summed E-state index contributed by atoms with van der Waals surface area (Å²) < 4.78 is 0.945. The van der Waals surface area contributed by atoms with Gasteiger partial charge in [-0.3, -0.25) is 4.79 Å². The number of hydrogen-bond acceptors (Lipinski definition) is 2. The molecular formula is C15H23N2O+. The maximum absolute atomic E-state index is 11.0. The van der Waals surface area contributed by atoms with Crippen LogP contribution in [0, 0.1) is 0 Å². The number of allylic oxidation sites excluding steroid dienone is 1. The third kappa shape index (κ3) is 6.21. The van der Waals surface area contributed by atoms with Crippen LogP contribution in [0.3, 0.4) is 0 Å². The molecule has 1 aromatic rings. The van der Waals surface area contributed by atoms with E-state index in [0.717, 1.165) is 35.8 Å². The maximum atomic E-state index is 11.0. The number of quaternary nitrogens is 1. The van der Waals surface area contributed by atoms with Crippen LogP contribution in [0.2, 0.25) is 0 Å². The number of aldehydes is 1. The Morgan fingerprint density at radius 1 is 1.22 bits per heavy atom. The number of rotatable bonds is 7. The highest BCUT2D eigenvalue weighted by molar-refractivity contribution is 5.80. The van der Waals surface area contributed by atoms with Crippen LogP contribution < -0.4 is 5.32 Å². The minimum atomic E-state index is 0.641. The molecule has 0 aliphatic rings. The van der Waals surface area contributed by atoms with Gasteiger partial charge in [-0.05, 0) is 11.6 Å². The first-order valence-electron chi connectivity index (χ1n) is 6.27. The van der Waals surface area contributed by atoms with Crippen LogP contribution in [0.1, 0.15) is 12.0 Å². The molecule has 18 heavy (non-hydrogen) atoms. The van der Waals surface area contributed by atoms with Crippen molar-refractivity contribution in [2.45, 2.75) is 6.42 Å². The summed E-state index contributed by atoms with van der Waals surface area (Å²) >= 11 is 0. The van der Waals surface area contributed by atoms with Crippen molar-refractivity contribution in [3.05, 3.63) is 41.6 Å². The van der Waals surface area contributed by atoms with Crippen molar-refractivity contribution in [2.24, 2.45) is 0 Å². The van der Waals surface area contributed by atoms with Gasteiger partial charge in [0.1, 0.15) is 0 Å². The zero-order valence-corrected chi connectivity index (χ0v) is 11.5. The number of nitrogens with one attached hydrogen (secondary N) is 1. The fourth-order valence-electron chi connectivity index (χ4n) is 1.64. The maximum Gasteiger partial charge on any atom is 0.165 e. The van der Waals surface area contributed by atoms with E-state index < -0.39 is 0 Å². The molecule has 0 aliphatic heterocycles. The molecule has 0 atom stereocenters. The van der Waals surface area contributed by atoms with E-state index in [-0.39, 0.29) is 0 Å². The van der Waals surface area contributed by atoms with Gasteiger partial charge in [0.25, 0.3) is 0 Å². The minimum Gasteiger partial charge on any atom is -0.382 e. The molecule has 0 saturated carbocycles. The zero-order chi connectivity index (χ0) is 13.4. The van der Waals surface area contributed by atoms with Gasteiger partial charge in [0.05, 0.1) is 33.4 Å². The van der Waals surface area contributed by atoms with E-state index in [2.05, 4.69) is 26.5 Å². The van der Waals surface area contributed by atoms with Crippen molar-refractivity contribution in [3.63, 3.8) is 0 Å². The van der Waals surface area contributed by atoms with Crippen LogP contribution in [-0.2, 0) is 4.79 Å². The lowest BCUT2D eigenvalue weighted by Gasteiger charge is -2.23. The first kappa shape index (κ1) is 14.5. The van der Waals surface area contributed by atoms with Gasteiger partial charge < -0.3 is 9.80 Å². The van der Waals surface area contributed by atoms with Crippen LogP contribution >= 0.6 is 0 Å². The fraction of sp³-hybridized carbons (Fsp3) is 0.400. The summed E-state index contributed by atoms with van der Waals surface area (Å²) in [6, 6.07) is 9.86. The Balaban J connectivity index is 2.43. The molecule has 0 bridgehead atoms. The molecule has 0 heterocycles. The molecule has 1 rings (SSSR count). The van der Waals surface area contributed by atoms with E-state index in [0.29, 0.717) is 5.70 Å². The summed E-state index contributed by atoms with van der Waals surface area (Å²) in [5.74, 6) is 0. The summed E-state index contributed by atoms with van der Waals surface area (Å²) in [6.45, 7) is 1.91. The van der Waals surface area contributed by atoms with Crippen molar-refractivity contribution in [3.8, 4) is 0 Å². The highest BCUT2D eigenvalue weighted by Gasteiger charge is 2.05. The molecule has 0 radical (unpaired) electrons. The van der Waals surface area contributed by atoms with E-state index in [1.54, 1.807) is 0 Å². The van der Waals surface area contributed by atoms with Crippen molar-refractivity contribution in [2.75, 3.05) is 34.2 Å². The van der Waals surface area contributed by atoms with Gasteiger partial charge in [0, 0.05) is 13.0 Å². The molecule has 3 heteroatoms. The first-order chi connectivity index (χ1) is 8.51. The Bertz CT molecular complexity index is 391. The number of benzene rings is 1. The number of carbonyl (C=O) groups is 1. The van der Waals surface area contributed by atoms with Crippen LogP contribution in [0.25, 0.3) is 6.08 Å². The zero-order valence-electron chi connectivity index (χ0n) is 11.5. The predicted octanol–water partition coefficient (Wildman–Crippen LogP) is 1.91. The summed E-state index contributed by atoms with van der Waals surface area (Å²) in [7, 11) is 6.50. The number of carbonyl (C=O) groups excluding carboxylic acids is 1. The Morgan fingerprint density at radius 3 is 2.44 bits per heavy atom. The Morgan fingerprint density at radius 2 is 1.89 bits per heavy atom. The monoisotopic (exact) mass is 247 g/mol. The molecule has 0 unspecified atom stereocenters. The van der Waals surface area contributed by atoms with Gasteiger partial charge in [-0.15, -0.1) is 0 Å². The molecule has 0 aliphatic carbocycles. The van der Waals surface area contributed by atoms with Crippen LogP contribution in [0.5, 0.6) is 0 Å². The van der Waals surface area contributed by atoms with E-state index in [1.807, 2.05) is 36.4 Å². The molecule has 1 N–H and O–H groups in total. The standard InChI is InChI=1S/C15H23N2O/c1-17(2,3)11-7-10-16-15(13-18)12-14-8-5-4-6-9-14/h4-6,8-9,12-13,16H,7,10-11H2,1-3H3/q+1. The Hall–Kier alpha value is -1.61. The average Bonchev–Trinajstić information content (AvgIpc) is 2.33. The molecule has 1 aromatic carbocycles. The number of nitrogens with zero attached hydrogens (tertiary/aromatic N) is 1. The third-order valence-corrected chi connectivity index (χ3v) is 2.58. The summed E-state index contributed by atoms with van der Waals surface area (Å²) in [4.78, 5) is 11.0. The van der Waals surface area contributed by atoms with Crippen LogP contribution in [0.4, 0.5) is 0 Å². The van der Waals surface area contributed by atoms with Crippen molar-refractivity contribution in [1.82, 2.24) is 5.32 Å². The highest BCUT2D eigenvalue weighted by atomic mass is 16.1. The first-order valence-corrected chi connectivity index (χ1v) is 6.27. The molecule has 0 saturated heterocycles. The van der Waals surface area contributed by atoms with E-state index in [4.69, 9.17) is 0 Å². The molecular weight excluding hydrogens is 224 g/mol. The van der Waals surface area contributed by atoms with E-state index >= 15 is 0 Å². The van der Waals surface area contributed by atoms with Gasteiger partial charge in [0.2, 0.25) is 0 Å². The topological polar surface area (TPSA) is 29.1 Å². The molecule has 0 spiro atoms. The van der Waals surface area contributed by atoms with Crippen molar-refractivity contribution in [1.29, 1.82) is 0 Å². The van der Waals surface area contributed by atoms with Crippen molar-refractivity contribution < 1.29 is 9.28 Å². The van der Waals surface area contributed by atoms with Gasteiger partial charge in [0.15, 0.2) is 6.29 Å². The van der Waals surface area contributed by atoms with Gasteiger partial charge in [-0.25, -0.2) is 0 Å². The van der Waals surface area contributed by atoms with Crippen LogP contribution in [0.15, 0.2) is 36.0 Å². The van der Waals surface area contributed by atoms with Gasteiger partial charge in [-0.2, -0.15) is 0 Å². The Kier molecular flexibility index (Phi) is 5.59. The Labute approximate surface area is 110 Å². The second kappa shape index (κ2) is 6.97. The summed E-state index contributed by atoms with van der Waals surface area (Å²) in [6.07, 6.45) is 3.79. The second-order valence-corrected chi connectivity index (χ2v) is 5.42. The number of hydrogen-bond donors (Lipinski definition) is 1. The smallest absolute Gasteiger partial charge is 0.165 e. The summed E-state index contributed by atoms with van der Waals surface area (Å²) in [5, 5.41) is 3.17. The minimum absolute atomic E-state index is 0.641. The second-order valence-electron chi connectivity index (χ2n) is 5.42. The molecule has 0 amide bonds. The largest absolute Gasteiger partial charge is 0.382 e. The average molecular weight is 247 g/mol. The SMILES string of the molecule is C[N+](C)(C)CCCNC(C=O)=Cc1ccccc1. The molecule has 0 fully saturated rings. The van der Waals surface area contributed by atoms with E-state index in [1.165, 1.54) is 0 Å². The highest BCUT2D eigenvalue weighted by Crippen LogP contribution is 2.03. The van der Waals surface area contributed by atoms with Gasteiger partial charge >= 0.3 is 0 Å². The lowest BCUT2D eigenvalue weighted by atomic mass is 10.2.